The summed E-state index contributed by atoms with van der Waals surface area (Å²) in [4.78, 5) is 2.26. The Bertz CT molecular complexity index is 1100. The number of alkyl halides is 2. The van der Waals surface area contributed by atoms with E-state index in [0.717, 1.165) is 36.5 Å². The molecule has 1 aromatic heterocycles. The molecule has 0 saturated carbocycles. The van der Waals surface area contributed by atoms with Crippen molar-refractivity contribution < 1.29 is 13.2 Å². The molecule has 0 bridgehead atoms. The molecule has 156 valence electrons. The van der Waals surface area contributed by atoms with Gasteiger partial charge in [0.2, 0.25) is 0 Å². The summed E-state index contributed by atoms with van der Waals surface area (Å²) in [5, 5.41) is 12.3. The molecule has 4 rings (SSSR count). The van der Waals surface area contributed by atoms with Crippen LogP contribution in [0, 0.1) is 5.82 Å². The lowest BCUT2D eigenvalue weighted by atomic mass is 9.97. The predicted octanol–water partition coefficient (Wildman–Crippen LogP) is 5.60. The fourth-order valence-electron chi connectivity index (χ4n) is 3.79. The number of likely N-dealkylation sites (N-methyl/N-ethyl adjacent to an activating group) is 1. The van der Waals surface area contributed by atoms with E-state index < -0.39 is 23.8 Å². The number of fused-ring (bicyclic) bond motifs is 1. The van der Waals surface area contributed by atoms with Gasteiger partial charge in [0, 0.05) is 24.0 Å². The summed E-state index contributed by atoms with van der Waals surface area (Å²) in [7, 11) is 2.09. The van der Waals surface area contributed by atoms with Gasteiger partial charge in [-0.1, -0.05) is 30.3 Å². The van der Waals surface area contributed by atoms with E-state index in [0.29, 0.717) is 11.2 Å². The van der Waals surface area contributed by atoms with Gasteiger partial charge in [-0.05, 0) is 43.7 Å². The molecular weight excluding hydrogens is 389 g/mol. The molecule has 1 N–H and O–H groups in total. The first-order chi connectivity index (χ1) is 14.4. The Balaban J connectivity index is 1.67. The molecule has 0 radical (unpaired) electrons. The molecule has 1 atom stereocenters. The summed E-state index contributed by atoms with van der Waals surface area (Å²) in [5.41, 5.74) is 3.39. The fraction of sp³-hybridized carbons (Fsp3) is 0.304. The average molecular weight is 412 g/mol. The predicted molar refractivity (Wildman–Crippen MR) is 113 cm³/mol. The number of anilines is 1. The zero-order chi connectivity index (χ0) is 21.3. The third-order valence-electron chi connectivity index (χ3n) is 5.55. The molecule has 2 heterocycles. The molecule has 1 aliphatic heterocycles. The zero-order valence-electron chi connectivity index (χ0n) is 16.9. The minimum absolute atomic E-state index is 0.187. The molecule has 0 aliphatic carbocycles. The lowest BCUT2D eigenvalue weighted by Gasteiger charge is -2.22. The van der Waals surface area contributed by atoms with Crippen LogP contribution in [0.4, 0.5) is 18.9 Å². The van der Waals surface area contributed by atoms with Crippen LogP contribution in [0.1, 0.15) is 42.5 Å². The first-order valence-electron chi connectivity index (χ1n) is 9.90. The number of rotatable bonds is 5. The van der Waals surface area contributed by atoms with Crippen LogP contribution in [-0.4, -0.2) is 35.2 Å². The van der Waals surface area contributed by atoms with Crippen LogP contribution in [0.25, 0.3) is 16.5 Å². The molecule has 0 saturated heterocycles. The van der Waals surface area contributed by atoms with Gasteiger partial charge in [-0.25, -0.2) is 13.2 Å². The Labute approximate surface area is 173 Å². The maximum absolute atomic E-state index is 14.6. The van der Waals surface area contributed by atoms with Gasteiger partial charge < -0.3 is 10.2 Å². The summed E-state index contributed by atoms with van der Waals surface area (Å²) in [5.74, 6) is -0.879. The van der Waals surface area contributed by atoms with Crippen molar-refractivity contribution in [3.63, 3.8) is 0 Å². The minimum atomic E-state index is -2.86. The maximum atomic E-state index is 14.6. The summed E-state index contributed by atoms with van der Waals surface area (Å²) in [6, 6.07) is 9.57. The van der Waals surface area contributed by atoms with Crippen molar-refractivity contribution in [2.45, 2.75) is 25.8 Å². The first kappa shape index (κ1) is 20.3. The zero-order valence-corrected chi connectivity index (χ0v) is 16.9. The molecule has 3 aromatic rings. The highest BCUT2D eigenvalue weighted by Crippen LogP contribution is 2.32. The lowest BCUT2D eigenvalue weighted by Crippen LogP contribution is -2.23. The van der Waals surface area contributed by atoms with Crippen molar-refractivity contribution in [1.29, 1.82) is 0 Å². The standard InChI is InChI=1S/C23H23F3N4/c1-14(17-4-3-5-18(22(17)24)23(25)26)28-21-13-27-29-20-7-6-16(12-19(20)21)15-8-10-30(2)11-9-15/h3-8,12-14,23H,9-11H2,1-2H3,(H,28,29)/t14-/m1/s1. The third-order valence-corrected chi connectivity index (χ3v) is 5.55. The van der Waals surface area contributed by atoms with E-state index in [4.69, 9.17) is 0 Å². The SMILES string of the molecule is C[C@@H](Nc1cnnc2ccc(C3=CCN(C)CC3)cc12)c1cccc(C(F)F)c1F. The van der Waals surface area contributed by atoms with Crippen LogP contribution in [-0.2, 0) is 0 Å². The molecule has 7 heteroatoms. The van der Waals surface area contributed by atoms with E-state index in [1.807, 2.05) is 12.1 Å². The highest BCUT2D eigenvalue weighted by atomic mass is 19.3. The number of benzene rings is 2. The molecule has 1 aliphatic rings. The third kappa shape index (κ3) is 4.03. The fourth-order valence-corrected chi connectivity index (χ4v) is 3.79. The summed E-state index contributed by atoms with van der Waals surface area (Å²) in [6.07, 6.45) is 1.91. The van der Waals surface area contributed by atoms with Gasteiger partial charge in [0.25, 0.3) is 6.43 Å². The van der Waals surface area contributed by atoms with E-state index >= 15 is 0 Å². The van der Waals surface area contributed by atoms with Crippen molar-refractivity contribution >= 4 is 22.2 Å². The summed E-state index contributed by atoms with van der Waals surface area (Å²) in [6.45, 7) is 3.65. The molecule has 0 unspecified atom stereocenters. The van der Waals surface area contributed by atoms with Crippen molar-refractivity contribution in [1.82, 2.24) is 15.1 Å². The van der Waals surface area contributed by atoms with Gasteiger partial charge >= 0.3 is 0 Å². The Morgan fingerprint density at radius 2 is 1.93 bits per heavy atom. The van der Waals surface area contributed by atoms with E-state index in [1.54, 1.807) is 13.1 Å². The van der Waals surface area contributed by atoms with Crippen LogP contribution in [0.3, 0.4) is 0 Å². The molecule has 2 aromatic carbocycles. The van der Waals surface area contributed by atoms with Gasteiger partial charge in [0.15, 0.2) is 0 Å². The molecule has 30 heavy (non-hydrogen) atoms. The second-order valence-electron chi connectivity index (χ2n) is 7.65. The normalized spacial score (nSPS) is 16.0. The monoisotopic (exact) mass is 412 g/mol. The van der Waals surface area contributed by atoms with Crippen molar-refractivity contribution in [3.8, 4) is 0 Å². The van der Waals surface area contributed by atoms with Crippen LogP contribution in [0.5, 0.6) is 0 Å². The van der Waals surface area contributed by atoms with Crippen molar-refractivity contribution in [2.75, 3.05) is 25.5 Å². The second-order valence-corrected chi connectivity index (χ2v) is 7.65. The number of aromatic nitrogens is 2. The quantitative estimate of drug-likeness (QED) is 0.592. The Hall–Kier alpha value is -2.93. The number of nitrogens with zero attached hydrogens (tertiary/aromatic N) is 3. The summed E-state index contributed by atoms with van der Waals surface area (Å²) >= 11 is 0. The largest absolute Gasteiger partial charge is 0.377 e. The lowest BCUT2D eigenvalue weighted by molar-refractivity contribution is 0.146. The number of hydrogen-bond donors (Lipinski definition) is 1. The van der Waals surface area contributed by atoms with Gasteiger partial charge in [-0.15, -0.1) is 0 Å². The van der Waals surface area contributed by atoms with Crippen LogP contribution in [0.2, 0.25) is 0 Å². The van der Waals surface area contributed by atoms with E-state index in [1.165, 1.54) is 17.7 Å². The van der Waals surface area contributed by atoms with Crippen LogP contribution < -0.4 is 5.32 Å². The number of nitrogens with one attached hydrogen (secondary N) is 1. The maximum Gasteiger partial charge on any atom is 0.266 e. The molecule has 0 amide bonds. The van der Waals surface area contributed by atoms with Gasteiger partial charge in [-0.2, -0.15) is 10.2 Å². The highest BCUT2D eigenvalue weighted by Gasteiger charge is 2.20. The van der Waals surface area contributed by atoms with E-state index in [2.05, 4.69) is 39.6 Å². The van der Waals surface area contributed by atoms with Gasteiger partial charge in [0.05, 0.1) is 29.0 Å². The topological polar surface area (TPSA) is 41.1 Å². The molecular formula is C23H23F3N4. The number of hydrogen-bond acceptors (Lipinski definition) is 4. The highest BCUT2D eigenvalue weighted by molar-refractivity contribution is 5.93. The molecule has 0 fully saturated rings. The van der Waals surface area contributed by atoms with Crippen LogP contribution >= 0.6 is 0 Å². The summed E-state index contributed by atoms with van der Waals surface area (Å²) < 4.78 is 40.7. The van der Waals surface area contributed by atoms with Gasteiger partial charge in [-0.3, -0.25) is 0 Å². The van der Waals surface area contributed by atoms with E-state index in [-0.39, 0.29) is 5.56 Å². The minimum Gasteiger partial charge on any atom is -0.377 e. The van der Waals surface area contributed by atoms with Crippen molar-refractivity contribution in [2.24, 2.45) is 0 Å². The van der Waals surface area contributed by atoms with Crippen molar-refractivity contribution in [3.05, 3.63) is 71.2 Å². The molecule has 0 spiro atoms. The van der Waals surface area contributed by atoms with Crippen LogP contribution in [0.15, 0.2) is 48.7 Å². The molecule has 4 nitrogen and oxygen atoms in total. The Morgan fingerprint density at radius 1 is 1.13 bits per heavy atom. The Morgan fingerprint density at radius 3 is 2.67 bits per heavy atom. The first-order valence-corrected chi connectivity index (χ1v) is 9.90. The number of halogens is 3. The smallest absolute Gasteiger partial charge is 0.266 e. The van der Waals surface area contributed by atoms with E-state index in [9.17, 15) is 13.2 Å². The van der Waals surface area contributed by atoms with Gasteiger partial charge in [0.1, 0.15) is 5.82 Å². The Kier molecular flexibility index (Phi) is 5.72. The second kappa shape index (κ2) is 8.44. The average Bonchev–Trinajstić information content (AvgIpc) is 2.74.